The number of benzene rings is 3. The van der Waals surface area contributed by atoms with Gasteiger partial charge in [0, 0.05) is 17.5 Å². The van der Waals surface area contributed by atoms with Gasteiger partial charge in [0.15, 0.2) is 0 Å². The van der Waals surface area contributed by atoms with E-state index in [0.717, 1.165) is 34.6 Å². The predicted molar refractivity (Wildman–Crippen MR) is 109 cm³/mol. The van der Waals surface area contributed by atoms with Crippen LogP contribution in [-0.2, 0) is 0 Å². The van der Waals surface area contributed by atoms with Crippen LogP contribution in [0.15, 0.2) is 72.8 Å². The molecule has 3 aromatic carbocycles. The number of aromatic hydroxyl groups is 2. The lowest BCUT2D eigenvalue weighted by molar-refractivity contribution is 0.168. The highest BCUT2D eigenvalue weighted by molar-refractivity contribution is 5.54. The Hall–Kier alpha value is -3.40. The number of hydrogen-bond acceptors (Lipinski definition) is 4. The van der Waals surface area contributed by atoms with Crippen LogP contribution in [0, 0.1) is 0 Å². The van der Waals surface area contributed by atoms with E-state index >= 15 is 0 Å². The van der Waals surface area contributed by atoms with Crippen LogP contribution in [0.1, 0.15) is 35.1 Å². The zero-order valence-corrected chi connectivity index (χ0v) is 15.6. The first kappa shape index (κ1) is 18.0. The van der Waals surface area contributed by atoms with Gasteiger partial charge in [0.2, 0.25) is 0 Å². The van der Waals surface area contributed by atoms with Crippen molar-refractivity contribution in [3.05, 3.63) is 89.5 Å². The zero-order valence-electron chi connectivity index (χ0n) is 15.6. The summed E-state index contributed by atoms with van der Waals surface area (Å²) in [5.74, 6) is 2.23. The minimum Gasteiger partial charge on any atom is -0.508 e. The maximum absolute atomic E-state index is 9.58. The molecule has 0 saturated heterocycles. The molecule has 2 N–H and O–H groups in total. The lowest BCUT2D eigenvalue weighted by Gasteiger charge is -2.31. The molecule has 0 amide bonds. The smallest absolute Gasteiger partial charge is 0.127 e. The summed E-state index contributed by atoms with van der Waals surface area (Å²) in [6.45, 7) is 0. The van der Waals surface area contributed by atoms with Crippen molar-refractivity contribution in [1.29, 1.82) is 0 Å². The SMILES string of the molecule is COc1ccc2c(c1)O[C@H](c1ccc(O)cc1)C[C@@H]2C=Cc1ccc(O)cc1. The Balaban J connectivity index is 1.67. The number of fused-ring (bicyclic) bond motifs is 1. The molecule has 4 nitrogen and oxygen atoms in total. The largest absolute Gasteiger partial charge is 0.508 e. The number of ether oxygens (including phenoxy) is 2. The Kier molecular flexibility index (Phi) is 4.94. The molecule has 142 valence electrons. The van der Waals surface area contributed by atoms with Gasteiger partial charge in [0.25, 0.3) is 0 Å². The van der Waals surface area contributed by atoms with Crippen molar-refractivity contribution in [2.45, 2.75) is 18.4 Å². The zero-order chi connectivity index (χ0) is 19.5. The van der Waals surface area contributed by atoms with Gasteiger partial charge in [-0.25, -0.2) is 0 Å². The van der Waals surface area contributed by atoms with Crippen molar-refractivity contribution in [3.63, 3.8) is 0 Å². The number of allylic oxidation sites excluding steroid dienone is 1. The Labute approximate surface area is 164 Å². The molecule has 2 atom stereocenters. The second-order valence-electron chi connectivity index (χ2n) is 6.89. The minimum atomic E-state index is -0.116. The lowest BCUT2D eigenvalue weighted by Crippen LogP contribution is -2.18. The lowest BCUT2D eigenvalue weighted by atomic mass is 9.86. The maximum Gasteiger partial charge on any atom is 0.127 e. The van der Waals surface area contributed by atoms with Gasteiger partial charge in [-0.05, 0) is 47.9 Å². The van der Waals surface area contributed by atoms with Gasteiger partial charge in [-0.1, -0.05) is 42.5 Å². The summed E-state index contributed by atoms with van der Waals surface area (Å²) < 4.78 is 11.6. The Morgan fingerprint density at radius 2 is 1.61 bits per heavy atom. The average Bonchev–Trinajstić information content (AvgIpc) is 2.73. The van der Waals surface area contributed by atoms with Gasteiger partial charge in [-0.2, -0.15) is 0 Å². The van der Waals surface area contributed by atoms with Gasteiger partial charge >= 0.3 is 0 Å². The molecule has 1 aliphatic rings. The van der Waals surface area contributed by atoms with E-state index < -0.39 is 0 Å². The van der Waals surface area contributed by atoms with Crippen LogP contribution < -0.4 is 9.47 Å². The highest BCUT2D eigenvalue weighted by Gasteiger charge is 2.28. The van der Waals surface area contributed by atoms with Gasteiger partial charge < -0.3 is 19.7 Å². The van der Waals surface area contributed by atoms with Crippen LogP contribution >= 0.6 is 0 Å². The summed E-state index contributed by atoms with van der Waals surface area (Å²) >= 11 is 0. The molecular formula is C24H22O4. The molecule has 1 aliphatic heterocycles. The molecular weight excluding hydrogens is 352 g/mol. The molecule has 4 heteroatoms. The van der Waals surface area contributed by atoms with Crippen LogP contribution in [0.2, 0.25) is 0 Å². The molecule has 3 aromatic rings. The van der Waals surface area contributed by atoms with Crippen LogP contribution in [0.4, 0.5) is 0 Å². The third-order valence-corrected chi connectivity index (χ3v) is 5.04. The quantitative estimate of drug-likeness (QED) is 0.639. The molecule has 0 bridgehead atoms. The molecule has 0 unspecified atom stereocenters. The summed E-state index contributed by atoms with van der Waals surface area (Å²) in [6.07, 6.45) is 4.92. The summed E-state index contributed by atoms with van der Waals surface area (Å²) in [4.78, 5) is 0. The van der Waals surface area contributed by atoms with E-state index in [-0.39, 0.29) is 23.5 Å². The summed E-state index contributed by atoms with van der Waals surface area (Å²) in [7, 11) is 1.64. The summed E-state index contributed by atoms with van der Waals surface area (Å²) in [5, 5.41) is 19.0. The van der Waals surface area contributed by atoms with Gasteiger partial charge in [-0.15, -0.1) is 0 Å². The third-order valence-electron chi connectivity index (χ3n) is 5.04. The van der Waals surface area contributed by atoms with Crippen LogP contribution in [0.5, 0.6) is 23.0 Å². The molecule has 1 heterocycles. The van der Waals surface area contributed by atoms with E-state index in [1.165, 1.54) is 0 Å². The van der Waals surface area contributed by atoms with Gasteiger partial charge in [-0.3, -0.25) is 0 Å². The minimum absolute atomic E-state index is 0.116. The van der Waals surface area contributed by atoms with Gasteiger partial charge in [0.1, 0.15) is 29.1 Å². The fourth-order valence-electron chi connectivity index (χ4n) is 3.50. The second kappa shape index (κ2) is 7.69. The fourth-order valence-corrected chi connectivity index (χ4v) is 3.50. The van der Waals surface area contributed by atoms with Crippen molar-refractivity contribution in [3.8, 4) is 23.0 Å². The monoisotopic (exact) mass is 374 g/mol. The maximum atomic E-state index is 9.58. The van der Waals surface area contributed by atoms with Crippen molar-refractivity contribution in [1.82, 2.24) is 0 Å². The topological polar surface area (TPSA) is 58.9 Å². The van der Waals surface area contributed by atoms with Crippen LogP contribution in [0.25, 0.3) is 6.08 Å². The van der Waals surface area contributed by atoms with Crippen molar-refractivity contribution in [2.75, 3.05) is 7.11 Å². The highest BCUT2D eigenvalue weighted by Crippen LogP contribution is 2.44. The predicted octanol–water partition coefficient (Wildman–Crippen LogP) is 5.43. The molecule has 28 heavy (non-hydrogen) atoms. The standard InChI is InChI=1S/C24H22O4/c1-27-21-12-13-22-18(5-2-16-3-8-19(25)9-4-16)14-23(28-24(22)15-21)17-6-10-20(26)11-7-17/h2-13,15,18,23,25-26H,14H2,1H3/t18-,23-/m0/s1. The Bertz CT molecular complexity index is 974. The number of phenols is 2. The van der Waals surface area contributed by atoms with Gasteiger partial charge in [0.05, 0.1) is 7.11 Å². The number of phenolic OH excluding ortho intramolecular Hbond substituents is 2. The second-order valence-corrected chi connectivity index (χ2v) is 6.89. The summed E-state index contributed by atoms with van der Waals surface area (Å²) in [6, 6.07) is 20.2. The molecule has 0 fully saturated rings. The molecule has 0 aromatic heterocycles. The van der Waals surface area contributed by atoms with Crippen molar-refractivity contribution in [2.24, 2.45) is 0 Å². The first-order chi connectivity index (χ1) is 13.6. The molecule has 0 aliphatic carbocycles. The van der Waals surface area contributed by atoms with E-state index in [1.54, 1.807) is 31.4 Å². The van der Waals surface area contributed by atoms with Crippen LogP contribution in [-0.4, -0.2) is 17.3 Å². The molecule has 0 radical (unpaired) electrons. The Morgan fingerprint density at radius 3 is 2.29 bits per heavy atom. The first-order valence-electron chi connectivity index (χ1n) is 9.23. The number of hydrogen-bond donors (Lipinski definition) is 2. The van der Waals surface area contributed by atoms with E-state index in [0.29, 0.717) is 0 Å². The van der Waals surface area contributed by atoms with E-state index in [4.69, 9.17) is 9.47 Å². The van der Waals surface area contributed by atoms with Crippen molar-refractivity contribution < 1.29 is 19.7 Å². The number of rotatable bonds is 4. The first-order valence-corrected chi connectivity index (χ1v) is 9.23. The van der Waals surface area contributed by atoms with Crippen molar-refractivity contribution >= 4 is 6.08 Å². The molecule has 0 spiro atoms. The molecule has 0 saturated carbocycles. The third kappa shape index (κ3) is 3.81. The number of methoxy groups -OCH3 is 1. The Morgan fingerprint density at radius 1 is 0.929 bits per heavy atom. The molecule has 4 rings (SSSR count). The van der Waals surface area contributed by atoms with E-state index in [2.05, 4.69) is 12.2 Å². The average molecular weight is 374 g/mol. The fraction of sp³-hybridized carbons (Fsp3) is 0.167. The van der Waals surface area contributed by atoms with E-state index in [1.807, 2.05) is 42.5 Å². The highest BCUT2D eigenvalue weighted by atomic mass is 16.5. The normalized spacial score (nSPS) is 18.5. The van der Waals surface area contributed by atoms with E-state index in [9.17, 15) is 10.2 Å². The van der Waals surface area contributed by atoms with Crippen LogP contribution in [0.3, 0.4) is 0 Å². The summed E-state index contributed by atoms with van der Waals surface area (Å²) in [5.41, 5.74) is 3.17.